The third kappa shape index (κ3) is 7.83. The van der Waals surface area contributed by atoms with Crippen molar-refractivity contribution in [3.63, 3.8) is 0 Å². The first kappa shape index (κ1) is 28.2. The van der Waals surface area contributed by atoms with Crippen LogP contribution in [0.25, 0.3) is 11.6 Å². The molecule has 0 saturated heterocycles. The molecule has 0 saturated carbocycles. The van der Waals surface area contributed by atoms with Gasteiger partial charge in [-0.25, -0.2) is 4.57 Å². The predicted octanol–water partition coefficient (Wildman–Crippen LogP) is 5.09. The molecule has 0 aliphatic rings. The number of hydrogen-bond acceptors (Lipinski definition) is 4. The van der Waals surface area contributed by atoms with E-state index >= 15 is 0 Å². The van der Waals surface area contributed by atoms with Crippen LogP contribution in [0.15, 0.2) is 103 Å². The predicted molar refractivity (Wildman–Crippen MR) is 140 cm³/mol. The molecular formula is C27H20Cl2NaO5P. The Labute approximate surface area is 242 Å². The Morgan fingerprint density at radius 1 is 0.722 bits per heavy atom. The molecule has 0 radical (unpaired) electrons. The van der Waals surface area contributed by atoms with Crippen LogP contribution in [0.2, 0.25) is 10.0 Å². The van der Waals surface area contributed by atoms with Crippen LogP contribution in [0.4, 0.5) is 0 Å². The van der Waals surface area contributed by atoms with Crippen molar-refractivity contribution in [2.24, 2.45) is 0 Å². The van der Waals surface area contributed by atoms with Crippen LogP contribution in [0, 0.1) is 0 Å². The van der Waals surface area contributed by atoms with Gasteiger partial charge in [-0.05, 0) is 77.9 Å². The molecule has 0 bridgehead atoms. The van der Waals surface area contributed by atoms with Crippen molar-refractivity contribution in [1.29, 1.82) is 0 Å². The Kier molecular flexibility index (Phi) is 10.0. The van der Waals surface area contributed by atoms with Crippen LogP contribution in [-0.2, 0) is 4.57 Å². The second kappa shape index (κ2) is 12.8. The molecule has 36 heavy (non-hydrogen) atoms. The number of hydrogen-bond donors (Lipinski definition) is 1. The first-order valence-electron chi connectivity index (χ1n) is 10.4. The van der Waals surface area contributed by atoms with Gasteiger partial charge in [0, 0.05) is 21.2 Å². The Balaban J connectivity index is 0.00000241. The van der Waals surface area contributed by atoms with Crippen molar-refractivity contribution in [1.82, 2.24) is 0 Å². The van der Waals surface area contributed by atoms with Crippen molar-refractivity contribution in [3.8, 4) is 11.5 Å². The summed E-state index contributed by atoms with van der Waals surface area (Å²) in [6.07, 6.45) is 1.77. The molecule has 0 fully saturated rings. The van der Waals surface area contributed by atoms with Gasteiger partial charge in [-0.1, -0.05) is 65.7 Å². The molecule has 1 unspecified atom stereocenters. The van der Waals surface area contributed by atoms with Gasteiger partial charge in [0.1, 0.15) is 11.5 Å². The normalized spacial score (nSPS) is 12.7. The van der Waals surface area contributed by atoms with E-state index in [4.69, 9.17) is 32.2 Å². The fourth-order valence-corrected chi connectivity index (χ4v) is 4.29. The van der Waals surface area contributed by atoms with Crippen LogP contribution in [-0.4, -0.2) is 10.7 Å². The van der Waals surface area contributed by atoms with E-state index in [1.807, 2.05) is 12.1 Å². The molecule has 0 aliphatic heterocycles. The van der Waals surface area contributed by atoms with Crippen molar-refractivity contribution in [2.75, 3.05) is 0 Å². The maximum atomic E-state index is 13.4. The summed E-state index contributed by atoms with van der Waals surface area (Å²) in [5.74, 6) is 0.0321. The van der Waals surface area contributed by atoms with Gasteiger partial charge in [-0.15, -0.1) is 0 Å². The van der Waals surface area contributed by atoms with E-state index in [9.17, 15) is 14.3 Å². The van der Waals surface area contributed by atoms with E-state index in [0.29, 0.717) is 26.7 Å². The number of carbonyl (C=O) groups is 1. The standard InChI is InChI=1S/C27H19Cl2O5P.Na.H/c28-22-12-6-19(7-13-22)18-26(20-8-14-23(29)15-9-20)27(30)21-10-16-25(17-11-21)34-35(31,32)33-24-4-2-1-3-5-24;;/h1-18H,(H,31,32);;/q;+1;-1. The van der Waals surface area contributed by atoms with E-state index in [0.717, 1.165) is 5.56 Å². The zero-order chi connectivity index (χ0) is 24.8. The van der Waals surface area contributed by atoms with Gasteiger partial charge in [0.05, 0.1) is 0 Å². The van der Waals surface area contributed by atoms with Gasteiger partial charge in [0.2, 0.25) is 0 Å². The second-order valence-corrected chi connectivity index (χ2v) is 9.61. The van der Waals surface area contributed by atoms with Crippen LogP contribution in [0.1, 0.15) is 22.9 Å². The van der Waals surface area contributed by atoms with Crippen LogP contribution in [0.3, 0.4) is 0 Å². The number of phosphoric ester groups is 1. The molecule has 0 aliphatic carbocycles. The second-order valence-electron chi connectivity index (χ2n) is 7.43. The zero-order valence-electron chi connectivity index (χ0n) is 20.2. The number of halogens is 2. The molecule has 1 N–H and O–H groups in total. The maximum Gasteiger partial charge on any atom is 1.00 e. The first-order valence-corrected chi connectivity index (χ1v) is 12.7. The third-order valence-corrected chi connectivity index (χ3v) is 6.27. The molecule has 0 aromatic heterocycles. The number of benzene rings is 4. The quantitative estimate of drug-likeness (QED) is 0.109. The molecule has 4 aromatic carbocycles. The number of phosphoric acid groups is 1. The van der Waals surface area contributed by atoms with Crippen molar-refractivity contribution < 1.29 is 54.3 Å². The SMILES string of the molecule is O=C(C(=Cc1ccc(Cl)cc1)c1ccc(Cl)cc1)c1ccc(OP(=O)(O)Oc2ccccc2)cc1.[H-].[Na+]. The summed E-state index contributed by atoms with van der Waals surface area (Å²) in [6.45, 7) is 0. The smallest absolute Gasteiger partial charge is 1.00 e. The molecule has 4 aromatic rings. The Morgan fingerprint density at radius 2 is 1.19 bits per heavy atom. The molecule has 178 valence electrons. The van der Waals surface area contributed by atoms with Crippen molar-refractivity contribution in [2.45, 2.75) is 0 Å². The Bertz CT molecular complexity index is 1400. The van der Waals surface area contributed by atoms with Gasteiger partial charge in [-0.3, -0.25) is 9.69 Å². The molecule has 1 atom stereocenters. The Morgan fingerprint density at radius 3 is 1.75 bits per heavy atom. The van der Waals surface area contributed by atoms with Gasteiger partial charge in [0.25, 0.3) is 0 Å². The molecule has 5 nitrogen and oxygen atoms in total. The molecular weight excluding hydrogens is 529 g/mol. The van der Waals surface area contributed by atoms with Crippen LogP contribution >= 0.6 is 31.0 Å². The minimum atomic E-state index is -4.42. The summed E-state index contributed by atoms with van der Waals surface area (Å²) < 4.78 is 22.5. The largest absolute Gasteiger partial charge is 1.00 e. The average molecular weight is 549 g/mol. The summed E-state index contributed by atoms with van der Waals surface area (Å²) in [7, 11) is -4.42. The average Bonchev–Trinajstić information content (AvgIpc) is 2.84. The minimum Gasteiger partial charge on any atom is -1.00 e. The van der Waals surface area contributed by atoms with E-state index in [2.05, 4.69) is 0 Å². The van der Waals surface area contributed by atoms with Crippen LogP contribution < -0.4 is 38.6 Å². The number of Topliss-reactive ketones (excluding diaryl/α,β-unsaturated/α-hetero) is 1. The number of allylic oxidation sites excluding steroid dienone is 1. The zero-order valence-corrected chi connectivity index (χ0v) is 23.6. The topological polar surface area (TPSA) is 72.8 Å². The van der Waals surface area contributed by atoms with E-state index in [1.54, 1.807) is 72.8 Å². The molecule has 0 amide bonds. The van der Waals surface area contributed by atoms with Gasteiger partial charge in [-0.2, -0.15) is 0 Å². The van der Waals surface area contributed by atoms with Gasteiger partial charge >= 0.3 is 37.4 Å². The van der Waals surface area contributed by atoms with Gasteiger partial charge < -0.3 is 10.5 Å². The number of ketones is 1. The van der Waals surface area contributed by atoms with Crippen molar-refractivity contribution >= 4 is 48.5 Å². The fraction of sp³-hybridized carbons (Fsp3) is 0. The third-order valence-electron chi connectivity index (χ3n) is 4.88. The maximum absolute atomic E-state index is 13.4. The van der Waals surface area contributed by atoms with Crippen LogP contribution in [0.5, 0.6) is 11.5 Å². The summed E-state index contributed by atoms with van der Waals surface area (Å²) in [4.78, 5) is 23.5. The molecule has 4 rings (SSSR count). The van der Waals surface area contributed by atoms with Gasteiger partial charge in [0.15, 0.2) is 5.78 Å². The van der Waals surface area contributed by atoms with Crippen molar-refractivity contribution in [3.05, 3.63) is 130 Å². The van der Waals surface area contributed by atoms with E-state index in [-0.39, 0.29) is 48.3 Å². The number of para-hydroxylation sites is 1. The number of rotatable bonds is 8. The molecule has 0 spiro atoms. The first-order chi connectivity index (χ1) is 16.8. The molecule has 0 heterocycles. The summed E-state index contributed by atoms with van der Waals surface area (Å²) in [6, 6.07) is 28.2. The minimum absolute atomic E-state index is 0. The number of carbonyl (C=O) groups excluding carboxylic acids is 1. The Hall–Kier alpha value is -2.34. The molecule has 9 heteroatoms. The van der Waals surface area contributed by atoms with E-state index < -0.39 is 7.82 Å². The van der Waals surface area contributed by atoms with E-state index in [1.165, 1.54) is 24.3 Å². The monoisotopic (exact) mass is 548 g/mol. The fourth-order valence-electron chi connectivity index (χ4n) is 3.22. The summed E-state index contributed by atoms with van der Waals surface area (Å²) >= 11 is 12.0. The summed E-state index contributed by atoms with van der Waals surface area (Å²) in [5, 5.41) is 1.15. The summed E-state index contributed by atoms with van der Waals surface area (Å²) in [5.41, 5.74) is 2.29.